The fourth-order valence-corrected chi connectivity index (χ4v) is 3.66. The molecule has 5 nitrogen and oxygen atoms in total. The van der Waals surface area contributed by atoms with Crippen molar-refractivity contribution in [1.29, 1.82) is 0 Å². The maximum absolute atomic E-state index is 12.2. The van der Waals surface area contributed by atoms with Crippen LogP contribution in [0.2, 0.25) is 0 Å². The molecule has 1 heterocycles. The fourth-order valence-electron chi connectivity index (χ4n) is 2.83. The van der Waals surface area contributed by atoms with Crippen molar-refractivity contribution in [3.63, 3.8) is 0 Å². The molecule has 2 aromatic carbocycles. The van der Waals surface area contributed by atoms with Crippen LogP contribution in [0.25, 0.3) is 0 Å². The van der Waals surface area contributed by atoms with E-state index < -0.39 is 0 Å². The normalized spacial score (nSPS) is 11.6. The highest BCUT2D eigenvalue weighted by atomic mass is 32.1. The van der Waals surface area contributed by atoms with Gasteiger partial charge in [0.25, 0.3) is 0 Å². The summed E-state index contributed by atoms with van der Waals surface area (Å²) in [6, 6.07) is 21.7. The minimum absolute atomic E-state index is 0.00298. The van der Waals surface area contributed by atoms with Crippen LogP contribution in [0, 0.1) is 0 Å². The largest absolute Gasteiger partial charge is 0.493 e. The van der Waals surface area contributed by atoms with E-state index in [1.807, 2.05) is 53.9 Å². The number of rotatable bonds is 10. The van der Waals surface area contributed by atoms with E-state index in [0.29, 0.717) is 24.7 Å². The summed E-state index contributed by atoms with van der Waals surface area (Å²) >= 11 is 1.67. The van der Waals surface area contributed by atoms with E-state index in [0.717, 1.165) is 5.56 Å². The zero-order valence-electron chi connectivity index (χ0n) is 15.8. The molecule has 3 rings (SSSR count). The molecule has 1 amide bonds. The van der Waals surface area contributed by atoms with Crippen molar-refractivity contribution in [2.75, 3.05) is 26.8 Å². The highest BCUT2D eigenvalue weighted by Crippen LogP contribution is 2.26. The first-order valence-corrected chi connectivity index (χ1v) is 10.00. The third-order valence-corrected chi connectivity index (χ3v) is 5.12. The van der Waals surface area contributed by atoms with Crippen LogP contribution in [-0.4, -0.2) is 32.7 Å². The smallest absolute Gasteiger partial charge is 0.234 e. The van der Waals surface area contributed by atoms with Gasteiger partial charge in [-0.1, -0.05) is 48.5 Å². The monoisotopic (exact) mass is 396 g/mol. The highest BCUT2D eigenvalue weighted by Gasteiger charge is 2.15. The van der Waals surface area contributed by atoms with Crippen LogP contribution < -0.4 is 20.1 Å². The fraction of sp³-hybridized carbons (Fsp3) is 0.227. The van der Waals surface area contributed by atoms with Gasteiger partial charge < -0.3 is 14.8 Å². The number of benzene rings is 2. The molecule has 0 saturated carbocycles. The van der Waals surface area contributed by atoms with Crippen molar-refractivity contribution >= 4 is 17.2 Å². The number of nitrogens with one attached hydrogen (secondary N) is 2. The molecule has 3 aromatic rings. The van der Waals surface area contributed by atoms with Crippen LogP contribution in [-0.2, 0) is 4.79 Å². The van der Waals surface area contributed by atoms with Crippen molar-refractivity contribution in [2.24, 2.45) is 0 Å². The first kappa shape index (κ1) is 19.9. The average molecular weight is 397 g/mol. The lowest BCUT2D eigenvalue weighted by atomic mass is 10.1. The van der Waals surface area contributed by atoms with E-state index in [4.69, 9.17) is 9.47 Å². The molecule has 0 radical (unpaired) electrons. The molecular formula is C22H24N2O3S. The number of amides is 1. The quantitative estimate of drug-likeness (QED) is 0.514. The van der Waals surface area contributed by atoms with Gasteiger partial charge in [0, 0.05) is 4.88 Å². The maximum Gasteiger partial charge on any atom is 0.234 e. The van der Waals surface area contributed by atoms with Gasteiger partial charge in [0.15, 0.2) is 11.5 Å². The van der Waals surface area contributed by atoms with E-state index in [-0.39, 0.29) is 18.5 Å². The van der Waals surface area contributed by atoms with Gasteiger partial charge in [-0.25, -0.2) is 0 Å². The summed E-state index contributed by atoms with van der Waals surface area (Å²) in [5, 5.41) is 8.28. The molecule has 146 valence electrons. The first-order chi connectivity index (χ1) is 13.8. The summed E-state index contributed by atoms with van der Waals surface area (Å²) in [5.41, 5.74) is 1.14. The van der Waals surface area contributed by atoms with Gasteiger partial charge in [0.1, 0.15) is 6.61 Å². The molecule has 0 bridgehead atoms. The lowest BCUT2D eigenvalue weighted by Gasteiger charge is -2.18. The Hall–Kier alpha value is -2.83. The number of hydrogen-bond donors (Lipinski definition) is 2. The van der Waals surface area contributed by atoms with Crippen molar-refractivity contribution in [2.45, 2.75) is 6.04 Å². The number of methoxy groups -OCH3 is 1. The summed E-state index contributed by atoms with van der Waals surface area (Å²) < 4.78 is 10.9. The molecule has 1 atom stereocenters. The lowest BCUT2D eigenvalue weighted by molar-refractivity contribution is -0.120. The van der Waals surface area contributed by atoms with E-state index in [1.165, 1.54) is 4.88 Å². The minimum Gasteiger partial charge on any atom is -0.493 e. The first-order valence-electron chi connectivity index (χ1n) is 9.12. The number of carbonyl (C=O) groups is 1. The Kier molecular flexibility index (Phi) is 7.46. The number of para-hydroxylation sites is 2. The predicted molar refractivity (Wildman–Crippen MR) is 112 cm³/mol. The van der Waals surface area contributed by atoms with Crippen molar-refractivity contribution in [3.8, 4) is 11.5 Å². The second-order valence-electron chi connectivity index (χ2n) is 6.09. The zero-order chi connectivity index (χ0) is 19.6. The minimum atomic E-state index is -0.0684. The Morgan fingerprint density at radius 2 is 1.75 bits per heavy atom. The van der Waals surface area contributed by atoms with Crippen molar-refractivity contribution in [1.82, 2.24) is 10.6 Å². The van der Waals surface area contributed by atoms with E-state index >= 15 is 0 Å². The van der Waals surface area contributed by atoms with E-state index in [9.17, 15) is 4.79 Å². The van der Waals surface area contributed by atoms with Gasteiger partial charge >= 0.3 is 0 Å². The van der Waals surface area contributed by atoms with Crippen LogP contribution in [0.15, 0.2) is 72.1 Å². The molecule has 0 saturated heterocycles. The van der Waals surface area contributed by atoms with E-state index in [2.05, 4.69) is 28.8 Å². The molecule has 0 aliphatic rings. The van der Waals surface area contributed by atoms with E-state index in [1.54, 1.807) is 18.4 Å². The van der Waals surface area contributed by atoms with Crippen molar-refractivity contribution < 1.29 is 14.3 Å². The second kappa shape index (κ2) is 10.5. The molecular weight excluding hydrogens is 372 g/mol. The van der Waals surface area contributed by atoms with Crippen LogP contribution in [0.3, 0.4) is 0 Å². The Bertz CT molecular complexity index is 853. The third-order valence-electron chi connectivity index (χ3n) is 4.18. The number of ether oxygens (including phenoxy) is 2. The van der Waals surface area contributed by atoms with Crippen LogP contribution in [0.4, 0.5) is 0 Å². The van der Waals surface area contributed by atoms with Crippen molar-refractivity contribution in [3.05, 3.63) is 82.6 Å². The van der Waals surface area contributed by atoms with Gasteiger partial charge in [-0.3, -0.25) is 10.1 Å². The molecule has 1 aromatic heterocycles. The number of hydrogen-bond acceptors (Lipinski definition) is 5. The van der Waals surface area contributed by atoms with Gasteiger partial charge in [0.2, 0.25) is 5.91 Å². The predicted octanol–water partition coefficient (Wildman–Crippen LogP) is 3.63. The third kappa shape index (κ3) is 5.58. The topological polar surface area (TPSA) is 59.6 Å². The standard InChI is InChI=1S/C22H24N2O3S/c1-26-18-10-5-6-11-19(18)27-14-13-23-21(25)16-24-22(20-12-7-15-28-20)17-8-3-2-4-9-17/h2-12,15,22,24H,13-14,16H2,1H3,(H,23,25)/t22-/m0/s1. The van der Waals surface area contributed by atoms with Crippen LogP contribution >= 0.6 is 11.3 Å². The second-order valence-corrected chi connectivity index (χ2v) is 7.07. The molecule has 0 unspecified atom stereocenters. The van der Waals surface area contributed by atoms with Gasteiger partial charge in [0.05, 0.1) is 26.2 Å². The van der Waals surface area contributed by atoms with Gasteiger partial charge in [-0.15, -0.1) is 11.3 Å². The highest BCUT2D eigenvalue weighted by molar-refractivity contribution is 7.10. The molecule has 2 N–H and O–H groups in total. The molecule has 6 heteroatoms. The Morgan fingerprint density at radius 1 is 1.00 bits per heavy atom. The van der Waals surface area contributed by atoms with Crippen LogP contribution in [0.5, 0.6) is 11.5 Å². The van der Waals surface area contributed by atoms with Crippen LogP contribution in [0.1, 0.15) is 16.5 Å². The summed E-state index contributed by atoms with van der Waals surface area (Å²) in [4.78, 5) is 13.4. The SMILES string of the molecule is COc1ccccc1OCCNC(=O)CN[C@@H](c1ccccc1)c1cccs1. The zero-order valence-corrected chi connectivity index (χ0v) is 16.6. The van der Waals surface area contributed by atoms with Gasteiger partial charge in [-0.2, -0.15) is 0 Å². The number of thiophene rings is 1. The molecule has 0 aliphatic carbocycles. The molecule has 0 spiro atoms. The Morgan fingerprint density at radius 3 is 2.46 bits per heavy atom. The molecule has 0 aliphatic heterocycles. The molecule has 28 heavy (non-hydrogen) atoms. The maximum atomic E-state index is 12.2. The lowest BCUT2D eigenvalue weighted by Crippen LogP contribution is -2.37. The Balaban J connectivity index is 1.46. The summed E-state index contributed by atoms with van der Waals surface area (Å²) in [7, 11) is 1.60. The summed E-state index contributed by atoms with van der Waals surface area (Å²) in [6.07, 6.45) is 0. The summed E-state index contributed by atoms with van der Waals surface area (Å²) in [6.45, 7) is 1.03. The average Bonchev–Trinajstić information content (AvgIpc) is 3.27. The number of carbonyl (C=O) groups excluding carboxylic acids is 1. The Labute approximate surface area is 169 Å². The summed E-state index contributed by atoms with van der Waals surface area (Å²) in [5.74, 6) is 1.28. The molecule has 0 fully saturated rings. The van der Waals surface area contributed by atoms with Gasteiger partial charge in [-0.05, 0) is 29.1 Å².